The lowest BCUT2D eigenvalue weighted by Crippen LogP contribution is -2.49. The Hall–Kier alpha value is -0.850. The molecule has 2 aliphatic rings. The van der Waals surface area contributed by atoms with Crippen LogP contribution in [0.15, 0.2) is 0 Å². The van der Waals surface area contributed by atoms with Gasteiger partial charge in [-0.05, 0) is 33.6 Å². The van der Waals surface area contributed by atoms with Crippen LogP contribution in [0.1, 0.15) is 33.6 Å². The summed E-state index contributed by atoms with van der Waals surface area (Å²) in [4.78, 5) is 13.7. The van der Waals surface area contributed by atoms with Crippen LogP contribution in [0.3, 0.4) is 0 Å². The summed E-state index contributed by atoms with van der Waals surface area (Å²) in [6.45, 7) is 7.64. The van der Waals surface area contributed by atoms with Gasteiger partial charge in [-0.3, -0.25) is 4.90 Å². The van der Waals surface area contributed by atoms with Crippen LogP contribution in [-0.4, -0.2) is 59.8 Å². The molecule has 2 saturated heterocycles. The Morgan fingerprint density at radius 1 is 1.42 bits per heavy atom. The van der Waals surface area contributed by atoms with E-state index in [-0.39, 0.29) is 12.1 Å². The normalized spacial score (nSPS) is 32.5. The molecule has 19 heavy (non-hydrogen) atoms. The summed E-state index contributed by atoms with van der Waals surface area (Å²) in [5.74, 6) is 0. The van der Waals surface area contributed by atoms with Crippen LogP contribution in [0, 0.1) is 0 Å². The van der Waals surface area contributed by atoms with Gasteiger partial charge in [0.05, 0.1) is 12.6 Å². The molecule has 2 N–H and O–H groups in total. The van der Waals surface area contributed by atoms with E-state index in [0.717, 1.165) is 26.0 Å². The number of carbonyl (C=O) groups is 1. The van der Waals surface area contributed by atoms with Crippen molar-refractivity contribution in [2.45, 2.75) is 57.5 Å². The Morgan fingerprint density at radius 2 is 2.16 bits per heavy atom. The average Bonchev–Trinajstić information content (AvgIpc) is 2.87. The SMILES string of the molecule is CC(C)(C)OC(=O)N[C@H]1CCN([C@H]2CCOC2)C1O. The number of nitrogens with zero attached hydrogens (tertiary/aromatic N) is 1. The van der Waals surface area contributed by atoms with E-state index in [2.05, 4.69) is 5.32 Å². The fourth-order valence-corrected chi connectivity index (χ4v) is 2.59. The molecule has 1 amide bonds. The standard InChI is InChI=1S/C13H24N2O4/c1-13(2,3)19-12(17)14-10-4-6-15(11(10)16)9-5-7-18-8-9/h9-11,16H,4-8H2,1-3H3,(H,14,17)/t9-,10-,11?/m0/s1. The van der Waals surface area contributed by atoms with E-state index in [1.54, 1.807) is 0 Å². The molecule has 2 rings (SSSR count). The first kappa shape index (κ1) is 14.6. The van der Waals surface area contributed by atoms with Gasteiger partial charge in [0.2, 0.25) is 0 Å². The summed E-state index contributed by atoms with van der Waals surface area (Å²) in [6.07, 6.45) is 0.549. The minimum absolute atomic E-state index is 0.264. The van der Waals surface area contributed by atoms with Gasteiger partial charge in [0.25, 0.3) is 0 Å². The van der Waals surface area contributed by atoms with Gasteiger partial charge in [0.1, 0.15) is 11.8 Å². The zero-order valence-corrected chi connectivity index (χ0v) is 11.9. The van der Waals surface area contributed by atoms with E-state index in [0.29, 0.717) is 6.61 Å². The highest BCUT2D eigenvalue weighted by Crippen LogP contribution is 2.23. The lowest BCUT2D eigenvalue weighted by Gasteiger charge is -2.28. The molecular weight excluding hydrogens is 248 g/mol. The topological polar surface area (TPSA) is 71.0 Å². The molecular formula is C13H24N2O4. The Labute approximate surface area is 114 Å². The minimum atomic E-state index is -0.654. The molecule has 2 aliphatic heterocycles. The number of amides is 1. The Balaban J connectivity index is 1.84. The largest absolute Gasteiger partial charge is 0.444 e. The highest BCUT2D eigenvalue weighted by atomic mass is 16.6. The van der Waals surface area contributed by atoms with E-state index in [9.17, 15) is 9.90 Å². The third kappa shape index (κ3) is 3.81. The number of carbonyl (C=O) groups excluding carboxylic acids is 1. The molecule has 0 saturated carbocycles. The van der Waals surface area contributed by atoms with Gasteiger partial charge in [0, 0.05) is 19.2 Å². The average molecular weight is 272 g/mol. The zero-order valence-electron chi connectivity index (χ0n) is 11.9. The number of hydrogen-bond donors (Lipinski definition) is 2. The molecule has 0 aliphatic carbocycles. The molecule has 3 atom stereocenters. The maximum absolute atomic E-state index is 11.7. The van der Waals surface area contributed by atoms with Crippen LogP contribution < -0.4 is 5.32 Å². The Bertz CT molecular complexity index is 323. The van der Waals surface area contributed by atoms with Crippen molar-refractivity contribution < 1.29 is 19.4 Å². The minimum Gasteiger partial charge on any atom is -0.444 e. The number of aliphatic hydroxyl groups is 1. The van der Waals surface area contributed by atoms with Crippen LogP contribution in [-0.2, 0) is 9.47 Å². The fraction of sp³-hybridized carbons (Fsp3) is 0.923. The van der Waals surface area contributed by atoms with Gasteiger partial charge in [-0.25, -0.2) is 4.79 Å². The smallest absolute Gasteiger partial charge is 0.408 e. The maximum atomic E-state index is 11.7. The summed E-state index contributed by atoms with van der Waals surface area (Å²) >= 11 is 0. The second-order valence-electron chi connectivity index (χ2n) is 6.21. The van der Waals surface area contributed by atoms with Crippen LogP contribution in [0.5, 0.6) is 0 Å². The highest BCUT2D eigenvalue weighted by molar-refractivity contribution is 5.68. The van der Waals surface area contributed by atoms with Gasteiger partial charge >= 0.3 is 6.09 Å². The first-order valence-electron chi connectivity index (χ1n) is 6.88. The molecule has 0 aromatic heterocycles. The molecule has 2 heterocycles. The third-order valence-electron chi connectivity index (χ3n) is 3.47. The number of ether oxygens (including phenoxy) is 2. The molecule has 0 aromatic carbocycles. The number of hydrogen-bond acceptors (Lipinski definition) is 5. The van der Waals surface area contributed by atoms with E-state index in [4.69, 9.17) is 9.47 Å². The van der Waals surface area contributed by atoms with Crippen LogP contribution >= 0.6 is 0 Å². The van der Waals surface area contributed by atoms with Gasteiger partial charge in [0.15, 0.2) is 0 Å². The first-order chi connectivity index (χ1) is 8.87. The maximum Gasteiger partial charge on any atom is 0.408 e. The van der Waals surface area contributed by atoms with Gasteiger partial charge in [-0.2, -0.15) is 0 Å². The zero-order chi connectivity index (χ0) is 14.0. The second kappa shape index (κ2) is 5.64. The van der Waals surface area contributed by atoms with Crippen molar-refractivity contribution in [3.63, 3.8) is 0 Å². The molecule has 1 unspecified atom stereocenters. The number of alkyl carbamates (subject to hydrolysis) is 1. The Morgan fingerprint density at radius 3 is 2.74 bits per heavy atom. The van der Waals surface area contributed by atoms with Crippen molar-refractivity contribution in [2.75, 3.05) is 19.8 Å². The van der Waals surface area contributed by atoms with Crippen molar-refractivity contribution in [1.29, 1.82) is 0 Å². The van der Waals surface area contributed by atoms with Crippen molar-refractivity contribution in [3.8, 4) is 0 Å². The van der Waals surface area contributed by atoms with E-state index in [1.165, 1.54) is 0 Å². The highest BCUT2D eigenvalue weighted by Gasteiger charge is 2.39. The first-order valence-corrected chi connectivity index (χ1v) is 6.88. The predicted molar refractivity (Wildman–Crippen MR) is 69.7 cm³/mol. The third-order valence-corrected chi connectivity index (χ3v) is 3.47. The van der Waals surface area contributed by atoms with Gasteiger partial charge < -0.3 is 19.9 Å². The second-order valence-corrected chi connectivity index (χ2v) is 6.21. The van der Waals surface area contributed by atoms with Crippen molar-refractivity contribution in [1.82, 2.24) is 10.2 Å². The number of aliphatic hydroxyl groups excluding tert-OH is 1. The molecule has 6 nitrogen and oxygen atoms in total. The lowest BCUT2D eigenvalue weighted by atomic mass is 10.2. The number of rotatable bonds is 2. The summed E-state index contributed by atoms with van der Waals surface area (Å²) in [6, 6.07) is -0.00381. The van der Waals surface area contributed by atoms with Crippen LogP contribution in [0.25, 0.3) is 0 Å². The molecule has 2 fully saturated rings. The summed E-state index contributed by atoms with van der Waals surface area (Å²) < 4.78 is 10.5. The molecule has 0 spiro atoms. The molecule has 0 radical (unpaired) electrons. The number of likely N-dealkylation sites (tertiary alicyclic amines) is 1. The van der Waals surface area contributed by atoms with Crippen LogP contribution in [0.2, 0.25) is 0 Å². The number of nitrogens with one attached hydrogen (secondary N) is 1. The molecule has 0 bridgehead atoms. The van der Waals surface area contributed by atoms with Gasteiger partial charge in [-0.15, -0.1) is 0 Å². The van der Waals surface area contributed by atoms with E-state index in [1.807, 2.05) is 25.7 Å². The summed E-state index contributed by atoms with van der Waals surface area (Å²) in [5.41, 5.74) is -0.521. The summed E-state index contributed by atoms with van der Waals surface area (Å²) in [5, 5.41) is 13.0. The predicted octanol–water partition coefficient (Wildman–Crippen LogP) is 0.693. The van der Waals surface area contributed by atoms with E-state index >= 15 is 0 Å². The molecule has 6 heteroatoms. The quantitative estimate of drug-likeness (QED) is 0.774. The van der Waals surface area contributed by atoms with Crippen molar-refractivity contribution in [2.24, 2.45) is 0 Å². The van der Waals surface area contributed by atoms with Crippen molar-refractivity contribution in [3.05, 3.63) is 0 Å². The monoisotopic (exact) mass is 272 g/mol. The van der Waals surface area contributed by atoms with Crippen molar-refractivity contribution >= 4 is 6.09 Å². The fourth-order valence-electron chi connectivity index (χ4n) is 2.59. The summed E-state index contributed by atoms with van der Waals surface area (Å²) in [7, 11) is 0. The van der Waals surface area contributed by atoms with E-state index < -0.39 is 17.9 Å². The Kier molecular flexibility index (Phi) is 4.32. The lowest BCUT2D eigenvalue weighted by molar-refractivity contribution is -0.0127. The van der Waals surface area contributed by atoms with Crippen LogP contribution in [0.4, 0.5) is 4.79 Å². The van der Waals surface area contributed by atoms with Gasteiger partial charge in [-0.1, -0.05) is 0 Å². The molecule has 110 valence electrons. The molecule has 0 aromatic rings.